The Bertz CT molecular complexity index is 571. The van der Waals surface area contributed by atoms with Gasteiger partial charge in [0.2, 0.25) is 0 Å². The molecule has 181 valence electrons. The number of aliphatic hydroxyl groups is 7. The number of hydrogen-bond acceptors (Lipinski definition) is 14. The Labute approximate surface area is 177 Å². The van der Waals surface area contributed by atoms with E-state index in [2.05, 4.69) is 0 Å². The van der Waals surface area contributed by atoms with Crippen molar-refractivity contribution in [3.05, 3.63) is 6.61 Å². The van der Waals surface area contributed by atoms with Gasteiger partial charge in [0, 0.05) is 6.54 Å². The first-order valence-electron chi connectivity index (χ1n) is 9.91. The summed E-state index contributed by atoms with van der Waals surface area (Å²) in [5.41, 5.74) is 11.8. The van der Waals surface area contributed by atoms with Crippen LogP contribution in [0.15, 0.2) is 0 Å². The quantitative estimate of drug-likeness (QED) is 0.174. The van der Waals surface area contributed by atoms with Gasteiger partial charge in [-0.1, -0.05) is 0 Å². The molecular weight excluding hydrogens is 424 g/mol. The van der Waals surface area contributed by atoms with E-state index in [9.17, 15) is 35.7 Å². The fourth-order valence-electron chi connectivity index (χ4n) is 3.78. The molecule has 0 spiro atoms. The highest BCUT2D eigenvalue weighted by molar-refractivity contribution is 4.98. The first-order chi connectivity index (χ1) is 14.7. The van der Waals surface area contributed by atoms with Crippen molar-refractivity contribution in [2.45, 2.75) is 79.7 Å². The molecule has 3 heterocycles. The third-order valence-electron chi connectivity index (χ3n) is 5.66. The van der Waals surface area contributed by atoms with Gasteiger partial charge in [-0.05, 0) is 0 Å². The first kappa shape index (κ1) is 25.1. The van der Waals surface area contributed by atoms with Gasteiger partial charge in [0.15, 0.2) is 12.6 Å². The Kier molecular flexibility index (Phi) is 8.56. The third kappa shape index (κ3) is 5.02. The molecule has 3 rings (SSSR count). The van der Waals surface area contributed by atoms with Crippen molar-refractivity contribution >= 4 is 0 Å². The lowest BCUT2D eigenvalue weighted by atomic mass is 9.95. The summed E-state index contributed by atoms with van der Waals surface area (Å²) < 4.78 is 27.3. The van der Waals surface area contributed by atoms with Crippen molar-refractivity contribution in [3.8, 4) is 0 Å². The zero-order valence-electron chi connectivity index (χ0n) is 16.5. The molecule has 3 saturated heterocycles. The standard InChI is InChI=1S/C17H31N2O12/c18-1-6-15(31-17-13(26)12(25)10(23)7(2-20)29-17)11(24)9(19)16(28-6)30-14-5(22)4-27-8(14)3-21/h4-17,20-26H,1-3,18-19H2/t5-,6-,7+,8+,9+,10+,11+,12-,13-,14-,15+,16-,17+/m0/s1. The van der Waals surface area contributed by atoms with Crippen molar-refractivity contribution in [1.82, 2.24) is 0 Å². The van der Waals surface area contributed by atoms with Crippen LogP contribution < -0.4 is 11.5 Å². The molecule has 0 aromatic heterocycles. The van der Waals surface area contributed by atoms with Crippen LogP contribution in [0, 0.1) is 6.61 Å². The average Bonchev–Trinajstić information content (AvgIpc) is 3.12. The summed E-state index contributed by atoms with van der Waals surface area (Å²) in [6.07, 6.45) is -15.6. The molecule has 0 bridgehead atoms. The molecule has 0 saturated carbocycles. The van der Waals surface area contributed by atoms with Crippen molar-refractivity contribution in [1.29, 1.82) is 0 Å². The van der Waals surface area contributed by atoms with Crippen LogP contribution in [0.4, 0.5) is 0 Å². The predicted molar refractivity (Wildman–Crippen MR) is 97.5 cm³/mol. The van der Waals surface area contributed by atoms with Gasteiger partial charge in [0.25, 0.3) is 0 Å². The van der Waals surface area contributed by atoms with E-state index in [4.69, 9.17) is 35.2 Å². The van der Waals surface area contributed by atoms with Gasteiger partial charge in [-0.3, -0.25) is 0 Å². The van der Waals surface area contributed by atoms with Gasteiger partial charge in [-0.25, -0.2) is 0 Å². The largest absolute Gasteiger partial charge is 0.394 e. The van der Waals surface area contributed by atoms with Gasteiger partial charge in [0.1, 0.15) is 67.6 Å². The minimum absolute atomic E-state index is 0.176. The minimum atomic E-state index is -1.69. The lowest BCUT2D eigenvalue weighted by Gasteiger charge is -2.47. The smallest absolute Gasteiger partial charge is 0.187 e. The number of ether oxygens (including phenoxy) is 5. The van der Waals surface area contributed by atoms with Crippen LogP contribution in [0.3, 0.4) is 0 Å². The van der Waals surface area contributed by atoms with Crippen LogP contribution in [0.5, 0.6) is 0 Å². The SMILES string of the molecule is NC[C@@H]1O[C@@H](O[C@H]2[C@@H](O)[CH]O[C@@H]2CO)[C@H](N)[C@@H](O)[C@@H]1O[C@H]1O[C@H](CO)[C@@H](O)[C@H](O)[C@@H]1O. The maximum absolute atomic E-state index is 10.7. The van der Waals surface area contributed by atoms with E-state index in [1.807, 2.05) is 0 Å². The minimum Gasteiger partial charge on any atom is -0.394 e. The number of rotatable bonds is 7. The summed E-state index contributed by atoms with van der Waals surface area (Å²) in [6, 6.07) is -1.20. The van der Waals surface area contributed by atoms with Crippen LogP contribution in [-0.4, -0.2) is 135 Å². The second kappa shape index (κ2) is 10.6. The van der Waals surface area contributed by atoms with E-state index < -0.39 is 92.9 Å². The van der Waals surface area contributed by atoms with Gasteiger partial charge in [0.05, 0.1) is 19.3 Å². The van der Waals surface area contributed by atoms with Crippen LogP contribution in [0.25, 0.3) is 0 Å². The molecule has 3 aliphatic rings. The van der Waals surface area contributed by atoms with Gasteiger partial charge < -0.3 is 70.9 Å². The molecule has 14 nitrogen and oxygen atoms in total. The molecule has 1 radical (unpaired) electrons. The number of aliphatic hydroxyl groups excluding tert-OH is 7. The normalized spacial score (nSPS) is 51.2. The Balaban J connectivity index is 1.69. The van der Waals surface area contributed by atoms with E-state index >= 15 is 0 Å². The van der Waals surface area contributed by atoms with Crippen molar-refractivity contribution in [2.75, 3.05) is 19.8 Å². The maximum atomic E-state index is 10.7. The fraction of sp³-hybridized carbons (Fsp3) is 0.941. The van der Waals surface area contributed by atoms with Gasteiger partial charge in [-0.15, -0.1) is 0 Å². The van der Waals surface area contributed by atoms with Crippen LogP contribution >= 0.6 is 0 Å². The van der Waals surface area contributed by atoms with E-state index in [-0.39, 0.29) is 6.54 Å². The van der Waals surface area contributed by atoms with E-state index in [0.717, 1.165) is 6.61 Å². The monoisotopic (exact) mass is 455 g/mol. The highest BCUT2D eigenvalue weighted by Gasteiger charge is 2.51. The molecule has 0 aromatic rings. The zero-order chi connectivity index (χ0) is 22.9. The van der Waals surface area contributed by atoms with E-state index in [1.165, 1.54) is 0 Å². The highest BCUT2D eigenvalue weighted by Crippen LogP contribution is 2.31. The molecule has 3 aliphatic heterocycles. The van der Waals surface area contributed by atoms with Crippen molar-refractivity contribution in [3.63, 3.8) is 0 Å². The maximum Gasteiger partial charge on any atom is 0.187 e. The number of hydrogen-bond donors (Lipinski definition) is 9. The molecule has 0 aromatic carbocycles. The van der Waals surface area contributed by atoms with Crippen molar-refractivity contribution in [2.24, 2.45) is 11.5 Å². The molecule has 0 unspecified atom stereocenters. The van der Waals surface area contributed by atoms with Crippen LogP contribution in [0.1, 0.15) is 0 Å². The van der Waals surface area contributed by atoms with E-state index in [1.54, 1.807) is 0 Å². The second-order valence-corrected chi connectivity index (χ2v) is 7.73. The van der Waals surface area contributed by atoms with Crippen LogP contribution in [-0.2, 0) is 23.7 Å². The zero-order valence-corrected chi connectivity index (χ0v) is 16.5. The summed E-state index contributed by atoms with van der Waals surface area (Å²) in [5.74, 6) is 0. The average molecular weight is 455 g/mol. The van der Waals surface area contributed by atoms with Crippen molar-refractivity contribution < 1.29 is 59.4 Å². The molecule has 11 N–H and O–H groups in total. The molecule has 31 heavy (non-hydrogen) atoms. The first-order valence-corrected chi connectivity index (χ1v) is 9.91. The third-order valence-corrected chi connectivity index (χ3v) is 5.66. The molecule has 0 amide bonds. The molecule has 13 atom stereocenters. The Hall–Kier alpha value is -0.560. The molecule has 3 fully saturated rings. The Morgan fingerprint density at radius 3 is 1.97 bits per heavy atom. The lowest BCUT2D eigenvalue weighted by Crippen LogP contribution is -2.67. The van der Waals surface area contributed by atoms with Crippen LogP contribution in [0.2, 0.25) is 0 Å². The highest BCUT2D eigenvalue weighted by atomic mass is 16.7. The van der Waals surface area contributed by atoms with E-state index in [0.29, 0.717) is 0 Å². The Morgan fingerprint density at radius 2 is 1.35 bits per heavy atom. The molecule has 14 heteroatoms. The summed E-state index contributed by atoms with van der Waals surface area (Å²) in [5, 5.41) is 69.3. The number of nitrogens with two attached hydrogens (primary N) is 2. The summed E-state index contributed by atoms with van der Waals surface area (Å²) in [7, 11) is 0. The second-order valence-electron chi connectivity index (χ2n) is 7.73. The summed E-state index contributed by atoms with van der Waals surface area (Å²) >= 11 is 0. The summed E-state index contributed by atoms with van der Waals surface area (Å²) in [6.45, 7) is -0.169. The summed E-state index contributed by atoms with van der Waals surface area (Å²) in [4.78, 5) is 0. The van der Waals surface area contributed by atoms with Gasteiger partial charge >= 0.3 is 0 Å². The predicted octanol–water partition coefficient (Wildman–Crippen LogP) is -6.16. The molecular formula is C17H31N2O12. The lowest BCUT2D eigenvalue weighted by molar-refractivity contribution is -0.348. The van der Waals surface area contributed by atoms with Gasteiger partial charge in [-0.2, -0.15) is 0 Å². The Morgan fingerprint density at radius 1 is 0.742 bits per heavy atom. The topological polar surface area (TPSA) is 240 Å². The molecule has 0 aliphatic carbocycles. The fourth-order valence-corrected chi connectivity index (χ4v) is 3.78.